The third-order valence-electron chi connectivity index (χ3n) is 4.64. The highest BCUT2D eigenvalue weighted by molar-refractivity contribution is 6.10. The van der Waals surface area contributed by atoms with Gasteiger partial charge in [0, 0.05) is 35.8 Å². The predicted octanol–water partition coefficient (Wildman–Crippen LogP) is 1.53. The van der Waals surface area contributed by atoms with E-state index in [0.29, 0.717) is 31.9 Å². The Kier molecular flexibility index (Phi) is 4.97. The van der Waals surface area contributed by atoms with Crippen molar-refractivity contribution >= 4 is 22.6 Å². The van der Waals surface area contributed by atoms with Gasteiger partial charge in [-0.2, -0.15) is 0 Å². The van der Waals surface area contributed by atoms with Gasteiger partial charge in [0.05, 0.1) is 25.8 Å². The number of ether oxygens (including phenoxy) is 1. The average molecular weight is 329 g/mol. The highest BCUT2D eigenvalue weighted by Crippen LogP contribution is 2.20. The van der Waals surface area contributed by atoms with Gasteiger partial charge in [0.2, 0.25) is 5.91 Å². The first-order valence-corrected chi connectivity index (χ1v) is 8.24. The van der Waals surface area contributed by atoms with Crippen LogP contribution in [-0.4, -0.2) is 72.4 Å². The average Bonchev–Trinajstić information content (AvgIpc) is 3.05. The van der Waals surface area contributed by atoms with Crippen LogP contribution in [0.25, 0.3) is 10.9 Å². The van der Waals surface area contributed by atoms with Crippen LogP contribution in [0.3, 0.4) is 0 Å². The molecule has 1 amide bonds. The largest absolute Gasteiger partial charge is 0.378 e. The number of carbonyl (C=O) groups excluding carboxylic acids is 2. The Labute approximate surface area is 141 Å². The fraction of sp³-hybridized carbons (Fsp3) is 0.444. The van der Waals surface area contributed by atoms with E-state index in [4.69, 9.17) is 4.74 Å². The highest BCUT2D eigenvalue weighted by Gasteiger charge is 2.25. The van der Waals surface area contributed by atoms with Crippen molar-refractivity contribution in [3.05, 3.63) is 36.0 Å². The maximum atomic E-state index is 12.8. The number of nitrogens with one attached hydrogen (secondary N) is 1. The van der Waals surface area contributed by atoms with E-state index < -0.39 is 0 Å². The molecule has 1 aliphatic heterocycles. The lowest BCUT2D eigenvalue weighted by atomic mass is 10.0. The minimum Gasteiger partial charge on any atom is -0.378 e. The predicted molar refractivity (Wildman–Crippen MR) is 92.1 cm³/mol. The van der Waals surface area contributed by atoms with E-state index in [1.165, 1.54) is 0 Å². The highest BCUT2D eigenvalue weighted by atomic mass is 16.5. The number of para-hydroxylation sites is 1. The molecule has 1 fully saturated rings. The van der Waals surface area contributed by atoms with E-state index >= 15 is 0 Å². The fourth-order valence-electron chi connectivity index (χ4n) is 2.96. The number of hydrogen-bond donors (Lipinski definition) is 1. The summed E-state index contributed by atoms with van der Waals surface area (Å²) in [5.74, 6) is 0.0594. The van der Waals surface area contributed by atoms with Gasteiger partial charge in [0.25, 0.3) is 0 Å². The monoisotopic (exact) mass is 329 g/mol. The maximum absolute atomic E-state index is 12.8. The Morgan fingerprint density at radius 3 is 2.75 bits per heavy atom. The first kappa shape index (κ1) is 16.7. The number of nitrogens with zero attached hydrogens (tertiary/aromatic N) is 2. The molecule has 2 heterocycles. The van der Waals surface area contributed by atoms with Crippen molar-refractivity contribution in [2.75, 3.05) is 39.9 Å². The SMILES string of the molecule is C[C@H](C(=O)c1c[nH]c2ccccc12)N(C)CC(=O)N1CCOCC1. The van der Waals surface area contributed by atoms with E-state index in [9.17, 15) is 9.59 Å². The lowest BCUT2D eigenvalue weighted by Gasteiger charge is -2.30. The lowest BCUT2D eigenvalue weighted by Crippen LogP contribution is -2.47. The van der Waals surface area contributed by atoms with Crippen LogP contribution in [0.15, 0.2) is 30.5 Å². The molecule has 0 aliphatic carbocycles. The van der Waals surface area contributed by atoms with E-state index in [0.717, 1.165) is 10.9 Å². The number of rotatable bonds is 5. The summed E-state index contributed by atoms with van der Waals surface area (Å²) < 4.78 is 5.27. The van der Waals surface area contributed by atoms with Crippen molar-refractivity contribution < 1.29 is 14.3 Å². The van der Waals surface area contributed by atoms with E-state index in [-0.39, 0.29) is 24.3 Å². The van der Waals surface area contributed by atoms with Crippen LogP contribution in [0, 0.1) is 0 Å². The summed E-state index contributed by atoms with van der Waals surface area (Å²) in [5.41, 5.74) is 1.61. The first-order chi connectivity index (χ1) is 11.6. The molecule has 128 valence electrons. The number of ketones is 1. The van der Waals surface area contributed by atoms with Crippen molar-refractivity contribution in [1.29, 1.82) is 0 Å². The maximum Gasteiger partial charge on any atom is 0.236 e. The zero-order chi connectivity index (χ0) is 17.1. The second-order valence-electron chi connectivity index (χ2n) is 6.20. The fourth-order valence-corrected chi connectivity index (χ4v) is 2.96. The van der Waals surface area contributed by atoms with Gasteiger partial charge < -0.3 is 14.6 Å². The summed E-state index contributed by atoms with van der Waals surface area (Å²) in [5, 5.41) is 0.919. The van der Waals surface area contributed by atoms with Crippen molar-refractivity contribution in [3.8, 4) is 0 Å². The van der Waals surface area contributed by atoms with E-state index in [1.54, 1.807) is 11.1 Å². The molecule has 2 aromatic rings. The number of aromatic amines is 1. The molecule has 1 N–H and O–H groups in total. The molecule has 1 aromatic heterocycles. The summed E-state index contributed by atoms with van der Waals surface area (Å²) in [6.07, 6.45) is 1.75. The second-order valence-corrected chi connectivity index (χ2v) is 6.20. The Hall–Kier alpha value is -2.18. The summed E-state index contributed by atoms with van der Waals surface area (Å²) in [4.78, 5) is 31.9. The van der Waals surface area contributed by atoms with Crippen LogP contribution in [0.2, 0.25) is 0 Å². The molecule has 1 aliphatic rings. The van der Waals surface area contributed by atoms with E-state index in [2.05, 4.69) is 4.98 Å². The third kappa shape index (κ3) is 3.34. The van der Waals surface area contributed by atoms with Gasteiger partial charge in [0.1, 0.15) is 0 Å². The van der Waals surface area contributed by atoms with E-state index in [1.807, 2.05) is 43.1 Å². The zero-order valence-electron chi connectivity index (χ0n) is 14.1. The summed E-state index contributed by atoms with van der Waals surface area (Å²) in [6, 6.07) is 7.37. The number of hydrogen-bond acceptors (Lipinski definition) is 4. The molecule has 1 aromatic carbocycles. The number of fused-ring (bicyclic) bond motifs is 1. The minimum absolute atomic E-state index is 0.0183. The number of aromatic nitrogens is 1. The summed E-state index contributed by atoms with van der Waals surface area (Å²) in [6.45, 7) is 4.49. The Morgan fingerprint density at radius 1 is 1.29 bits per heavy atom. The summed E-state index contributed by atoms with van der Waals surface area (Å²) >= 11 is 0. The number of benzene rings is 1. The van der Waals surface area contributed by atoms with Crippen LogP contribution >= 0.6 is 0 Å². The minimum atomic E-state index is -0.366. The van der Waals surface area contributed by atoms with Crippen LogP contribution in [-0.2, 0) is 9.53 Å². The first-order valence-electron chi connectivity index (χ1n) is 8.24. The smallest absolute Gasteiger partial charge is 0.236 e. The molecule has 0 bridgehead atoms. The summed E-state index contributed by atoms with van der Waals surface area (Å²) in [7, 11) is 1.82. The molecule has 0 spiro atoms. The quantitative estimate of drug-likeness (QED) is 0.845. The van der Waals surface area contributed by atoms with Gasteiger partial charge >= 0.3 is 0 Å². The molecule has 3 rings (SSSR count). The van der Waals surface area contributed by atoms with Gasteiger partial charge in [-0.3, -0.25) is 14.5 Å². The lowest BCUT2D eigenvalue weighted by molar-refractivity contribution is -0.136. The number of Topliss-reactive ketones (excluding diaryl/α,β-unsaturated/α-hetero) is 1. The number of H-pyrrole nitrogens is 1. The zero-order valence-corrected chi connectivity index (χ0v) is 14.1. The van der Waals surface area contributed by atoms with Crippen LogP contribution < -0.4 is 0 Å². The van der Waals surface area contributed by atoms with Gasteiger partial charge in [-0.05, 0) is 20.0 Å². The molecule has 24 heavy (non-hydrogen) atoms. The van der Waals surface area contributed by atoms with Crippen molar-refractivity contribution in [2.24, 2.45) is 0 Å². The van der Waals surface area contributed by atoms with Crippen LogP contribution in [0.1, 0.15) is 17.3 Å². The molecule has 6 heteroatoms. The van der Waals surface area contributed by atoms with Crippen LogP contribution in [0.5, 0.6) is 0 Å². The van der Waals surface area contributed by atoms with Crippen molar-refractivity contribution in [3.63, 3.8) is 0 Å². The second kappa shape index (κ2) is 7.15. The van der Waals surface area contributed by atoms with Gasteiger partial charge in [-0.1, -0.05) is 18.2 Å². The van der Waals surface area contributed by atoms with Gasteiger partial charge in [-0.15, -0.1) is 0 Å². The molecule has 1 atom stereocenters. The number of carbonyl (C=O) groups is 2. The van der Waals surface area contributed by atoms with Crippen LogP contribution in [0.4, 0.5) is 0 Å². The van der Waals surface area contributed by atoms with Gasteiger partial charge in [0.15, 0.2) is 5.78 Å². The number of likely N-dealkylation sites (N-methyl/N-ethyl adjacent to an activating group) is 1. The molecule has 0 saturated carbocycles. The Bertz CT molecular complexity index is 734. The third-order valence-corrected chi connectivity index (χ3v) is 4.64. The molecule has 6 nitrogen and oxygen atoms in total. The molecule has 0 radical (unpaired) electrons. The van der Waals surface area contributed by atoms with Crippen molar-refractivity contribution in [2.45, 2.75) is 13.0 Å². The molecule has 1 saturated heterocycles. The standard InChI is InChI=1S/C18H23N3O3/c1-13(20(2)12-17(22)21-7-9-24-10-8-21)18(23)15-11-19-16-6-4-3-5-14(15)16/h3-6,11,13,19H,7-10,12H2,1-2H3/t13-/m1/s1. The molecular weight excluding hydrogens is 306 g/mol. The molecule has 0 unspecified atom stereocenters. The van der Waals surface area contributed by atoms with Crippen molar-refractivity contribution in [1.82, 2.24) is 14.8 Å². The number of amides is 1. The normalized spacial score (nSPS) is 16.5. The topological polar surface area (TPSA) is 65.6 Å². The Balaban J connectivity index is 1.67. The Morgan fingerprint density at radius 2 is 2.00 bits per heavy atom. The number of morpholine rings is 1. The van der Waals surface area contributed by atoms with Gasteiger partial charge in [-0.25, -0.2) is 0 Å². The molecular formula is C18H23N3O3.